The summed E-state index contributed by atoms with van der Waals surface area (Å²) in [5, 5.41) is 0.966. The van der Waals surface area contributed by atoms with E-state index in [0.717, 1.165) is 17.0 Å². The molecule has 0 radical (unpaired) electrons. The lowest BCUT2D eigenvalue weighted by Crippen LogP contribution is -2.14. The molecule has 1 aliphatic carbocycles. The molecule has 82 valence electrons. The van der Waals surface area contributed by atoms with Crippen LogP contribution in [0.2, 0.25) is 5.02 Å². The second-order valence-electron chi connectivity index (χ2n) is 4.23. The van der Waals surface area contributed by atoms with E-state index in [1.165, 1.54) is 25.7 Å². The maximum Gasteiger partial charge on any atom is 0.0621 e. The molecular formula is C12H15Cl2N. The van der Waals surface area contributed by atoms with Gasteiger partial charge in [0.15, 0.2) is 0 Å². The van der Waals surface area contributed by atoms with Crippen molar-refractivity contribution in [3.63, 3.8) is 0 Å². The third-order valence-corrected chi connectivity index (χ3v) is 4.03. The van der Waals surface area contributed by atoms with E-state index in [1.807, 2.05) is 6.07 Å². The monoisotopic (exact) mass is 243 g/mol. The van der Waals surface area contributed by atoms with Gasteiger partial charge in [0.2, 0.25) is 0 Å². The molecule has 2 rings (SSSR count). The van der Waals surface area contributed by atoms with Gasteiger partial charge in [-0.15, -0.1) is 11.6 Å². The van der Waals surface area contributed by atoms with Crippen molar-refractivity contribution in [2.45, 2.75) is 37.5 Å². The van der Waals surface area contributed by atoms with E-state index >= 15 is 0 Å². The largest absolute Gasteiger partial charge is 0.263 e. The van der Waals surface area contributed by atoms with Crippen LogP contribution in [-0.4, -0.2) is 10.4 Å². The molecule has 1 aromatic rings. The van der Waals surface area contributed by atoms with Gasteiger partial charge in [-0.3, -0.25) is 4.98 Å². The summed E-state index contributed by atoms with van der Waals surface area (Å²) < 4.78 is 0. The number of hydrogen-bond acceptors (Lipinski definition) is 1. The van der Waals surface area contributed by atoms with Crippen molar-refractivity contribution in [2.75, 3.05) is 0 Å². The van der Waals surface area contributed by atoms with Gasteiger partial charge in [-0.1, -0.05) is 24.4 Å². The lowest BCUT2D eigenvalue weighted by atomic mass is 9.98. The molecule has 15 heavy (non-hydrogen) atoms. The quantitative estimate of drug-likeness (QED) is 0.730. The standard InChI is InChI=1S/C12H15Cl2N/c13-11(9-3-1-2-4-9)7-10-5-6-15-8-12(10)14/h5-6,8-9,11H,1-4,7H2. The van der Waals surface area contributed by atoms with Crippen molar-refractivity contribution in [3.8, 4) is 0 Å². The Morgan fingerprint density at radius 3 is 2.80 bits per heavy atom. The predicted octanol–water partition coefficient (Wildman–Crippen LogP) is 4.08. The highest BCUT2D eigenvalue weighted by Crippen LogP contribution is 2.32. The number of alkyl halides is 1. The molecule has 0 aromatic carbocycles. The topological polar surface area (TPSA) is 12.9 Å². The minimum absolute atomic E-state index is 0.229. The molecule has 1 heterocycles. The lowest BCUT2D eigenvalue weighted by Gasteiger charge is -2.16. The highest BCUT2D eigenvalue weighted by Gasteiger charge is 2.23. The van der Waals surface area contributed by atoms with E-state index < -0.39 is 0 Å². The van der Waals surface area contributed by atoms with E-state index in [1.54, 1.807) is 12.4 Å². The zero-order valence-corrected chi connectivity index (χ0v) is 10.1. The molecule has 3 heteroatoms. The Morgan fingerprint density at radius 1 is 1.40 bits per heavy atom. The summed E-state index contributed by atoms with van der Waals surface area (Å²) in [7, 11) is 0. The third-order valence-electron chi connectivity index (χ3n) is 3.18. The molecule has 0 aliphatic heterocycles. The molecule has 0 N–H and O–H groups in total. The molecule has 1 nitrogen and oxygen atoms in total. The number of halogens is 2. The summed E-state index contributed by atoms with van der Waals surface area (Å²) in [4.78, 5) is 3.97. The number of aromatic nitrogens is 1. The van der Waals surface area contributed by atoms with Crippen LogP contribution in [0.3, 0.4) is 0 Å². The highest BCUT2D eigenvalue weighted by atomic mass is 35.5. The fourth-order valence-corrected chi connectivity index (χ4v) is 2.88. The van der Waals surface area contributed by atoms with Crippen LogP contribution in [0.1, 0.15) is 31.2 Å². The smallest absolute Gasteiger partial charge is 0.0621 e. The van der Waals surface area contributed by atoms with Crippen molar-refractivity contribution >= 4 is 23.2 Å². The van der Waals surface area contributed by atoms with Gasteiger partial charge in [-0.05, 0) is 36.8 Å². The minimum atomic E-state index is 0.229. The molecule has 1 aromatic heterocycles. The van der Waals surface area contributed by atoms with Crippen LogP contribution in [0.4, 0.5) is 0 Å². The Balaban J connectivity index is 1.99. The summed E-state index contributed by atoms with van der Waals surface area (Å²) in [5.41, 5.74) is 1.12. The fourth-order valence-electron chi connectivity index (χ4n) is 2.27. The fraction of sp³-hybridized carbons (Fsp3) is 0.583. The predicted molar refractivity (Wildman–Crippen MR) is 64.6 cm³/mol. The Bertz CT molecular complexity index is 321. The molecule has 0 bridgehead atoms. The van der Waals surface area contributed by atoms with Crippen LogP contribution in [0, 0.1) is 5.92 Å². The second kappa shape index (κ2) is 5.18. The maximum atomic E-state index is 6.41. The SMILES string of the molecule is Clc1cnccc1CC(Cl)C1CCCC1. The van der Waals surface area contributed by atoms with E-state index in [0.29, 0.717) is 5.92 Å². The summed E-state index contributed by atoms with van der Waals surface area (Å²) >= 11 is 12.5. The second-order valence-corrected chi connectivity index (χ2v) is 5.20. The summed E-state index contributed by atoms with van der Waals surface area (Å²) in [5.74, 6) is 0.677. The number of rotatable bonds is 3. The van der Waals surface area contributed by atoms with Gasteiger partial charge in [0.1, 0.15) is 0 Å². The molecule has 1 aliphatic rings. The first-order valence-electron chi connectivity index (χ1n) is 5.50. The minimum Gasteiger partial charge on any atom is -0.263 e. The Labute approximate surface area is 101 Å². The normalized spacial score (nSPS) is 19.3. The molecule has 1 saturated carbocycles. The molecule has 0 spiro atoms. The zero-order valence-electron chi connectivity index (χ0n) is 8.63. The van der Waals surface area contributed by atoms with Gasteiger partial charge >= 0.3 is 0 Å². The van der Waals surface area contributed by atoms with Crippen molar-refractivity contribution in [1.82, 2.24) is 4.98 Å². The number of hydrogen-bond donors (Lipinski definition) is 0. The van der Waals surface area contributed by atoms with Crippen LogP contribution in [0.25, 0.3) is 0 Å². The van der Waals surface area contributed by atoms with Gasteiger partial charge in [0, 0.05) is 17.8 Å². The van der Waals surface area contributed by atoms with E-state index in [-0.39, 0.29) is 5.38 Å². The molecule has 1 fully saturated rings. The number of nitrogens with zero attached hydrogens (tertiary/aromatic N) is 1. The van der Waals surface area contributed by atoms with Gasteiger partial charge in [-0.25, -0.2) is 0 Å². The van der Waals surface area contributed by atoms with Crippen LogP contribution >= 0.6 is 23.2 Å². The maximum absolute atomic E-state index is 6.41. The molecule has 1 atom stereocenters. The van der Waals surface area contributed by atoms with Gasteiger partial charge in [0.25, 0.3) is 0 Å². The number of pyridine rings is 1. The van der Waals surface area contributed by atoms with Crippen molar-refractivity contribution < 1.29 is 0 Å². The average Bonchev–Trinajstić information content (AvgIpc) is 2.74. The van der Waals surface area contributed by atoms with E-state index in [2.05, 4.69) is 4.98 Å². The molecular weight excluding hydrogens is 229 g/mol. The Kier molecular flexibility index (Phi) is 3.87. The molecule has 1 unspecified atom stereocenters. The van der Waals surface area contributed by atoms with Gasteiger partial charge in [-0.2, -0.15) is 0 Å². The summed E-state index contributed by atoms with van der Waals surface area (Å²) in [6, 6.07) is 1.96. The lowest BCUT2D eigenvalue weighted by molar-refractivity contribution is 0.512. The van der Waals surface area contributed by atoms with Gasteiger partial charge in [0.05, 0.1) is 5.02 Å². The average molecular weight is 244 g/mol. The van der Waals surface area contributed by atoms with Crippen LogP contribution < -0.4 is 0 Å². The van der Waals surface area contributed by atoms with Crippen molar-refractivity contribution in [3.05, 3.63) is 29.0 Å². The van der Waals surface area contributed by atoms with E-state index in [4.69, 9.17) is 23.2 Å². The first-order chi connectivity index (χ1) is 7.27. The zero-order chi connectivity index (χ0) is 10.7. The molecule has 0 saturated heterocycles. The summed E-state index contributed by atoms with van der Waals surface area (Å²) in [6.07, 6.45) is 9.55. The molecule has 0 amide bonds. The summed E-state index contributed by atoms with van der Waals surface area (Å²) in [6.45, 7) is 0. The van der Waals surface area contributed by atoms with Gasteiger partial charge < -0.3 is 0 Å². The van der Waals surface area contributed by atoms with Crippen molar-refractivity contribution in [2.24, 2.45) is 5.92 Å². The first-order valence-corrected chi connectivity index (χ1v) is 6.31. The van der Waals surface area contributed by atoms with Crippen molar-refractivity contribution in [1.29, 1.82) is 0 Å². The van der Waals surface area contributed by atoms with Crippen LogP contribution in [0.15, 0.2) is 18.5 Å². The van der Waals surface area contributed by atoms with Crippen LogP contribution in [0.5, 0.6) is 0 Å². The third kappa shape index (κ3) is 2.85. The Hall–Kier alpha value is -0.270. The highest BCUT2D eigenvalue weighted by molar-refractivity contribution is 6.31. The first kappa shape index (κ1) is 11.2. The van der Waals surface area contributed by atoms with Crippen LogP contribution in [-0.2, 0) is 6.42 Å². The Morgan fingerprint density at radius 2 is 2.13 bits per heavy atom. The van der Waals surface area contributed by atoms with E-state index in [9.17, 15) is 0 Å².